The van der Waals surface area contributed by atoms with Gasteiger partial charge in [0.2, 0.25) is 5.91 Å². The Labute approximate surface area is 377 Å². The van der Waals surface area contributed by atoms with Gasteiger partial charge < -0.3 is 45.1 Å². The Morgan fingerprint density at radius 1 is 0.906 bits per heavy atom. The van der Waals surface area contributed by atoms with Crippen LogP contribution < -0.4 is 15.8 Å². The quantitative estimate of drug-likeness (QED) is 0.0780. The summed E-state index contributed by atoms with van der Waals surface area (Å²) in [4.78, 5) is 42.2. The predicted octanol–water partition coefficient (Wildman–Crippen LogP) is 9.60. The Morgan fingerprint density at radius 3 is 2.41 bits per heavy atom. The van der Waals surface area contributed by atoms with E-state index in [2.05, 4.69) is 94.1 Å². The number of benzene rings is 2. The molecule has 2 amide bonds. The van der Waals surface area contributed by atoms with Crippen molar-refractivity contribution < 1.29 is 24.2 Å². The molecule has 0 radical (unpaired) electrons. The number of H-pyrrole nitrogens is 2. The Morgan fingerprint density at radius 2 is 1.66 bits per heavy atom. The number of hydrogen-bond donors (Lipinski definition) is 5. The lowest BCUT2D eigenvalue weighted by atomic mass is 9.86. The van der Waals surface area contributed by atoms with Crippen molar-refractivity contribution in [2.75, 3.05) is 20.2 Å². The summed E-state index contributed by atoms with van der Waals surface area (Å²) in [5, 5.41) is 15.2. The van der Waals surface area contributed by atoms with Crippen LogP contribution in [0.1, 0.15) is 134 Å². The number of ether oxygens (including phenoxy) is 2. The summed E-state index contributed by atoms with van der Waals surface area (Å²) in [6.07, 6.45) is 12.3. The van der Waals surface area contributed by atoms with E-state index in [9.17, 15) is 14.7 Å². The van der Waals surface area contributed by atoms with Gasteiger partial charge in [0.15, 0.2) is 6.23 Å². The number of methoxy groups -OCH3 is 1. The Balaban J connectivity index is 1.02. The number of aliphatic hydroxyl groups excluding tert-OH is 1. The summed E-state index contributed by atoms with van der Waals surface area (Å²) < 4.78 is 14.4. The van der Waals surface area contributed by atoms with Crippen LogP contribution in [0.4, 0.5) is 4.79 Å². The van der Waals surface area contributed by atoms with Gasteiger partial charge in [-0.05, 0) is 91.8 Å². The van der Waals surface area contributed by atoms with Crippen molar-refractivity contribution in [3.63, 3.8) is 0 Å². The van der Waals surface area contributed by atoms with Gasteiger partial charge in [-0.1, -0.05) is 78.9 Å². The van der Waals surface area contributed by atoms with Crippen LogP contribution in [0.15, 0.2) is 54.7 Å². The summed E-state index contributed by atoms with van der Waals surface area (Å²) >= 11 is 0. The number of likely N-dealkylation sites (tertiary alicyclic amines) is 2. The predicted molar refractivity (Wildman–Crippen MR) is 250 cm³/mol. The van der Waals surface area contributed by atoms with E-state index in [0.717, 1.165) is 101 Å². The second-order valence-electron chi connectivity index (χ2n) is 19.5. The fourth-order valence-electron chi connectivity index (χ4n) is 11.1. The first-order chi connectivity index (χ1) is 30.9. The lowest BCUT2D eigenvalue weighted by Gasteiger charge is -2.34. The second kappa shape index (κ2) is 18.4. The molecule has 1 aliphatic carbocycles. The van der Waals surface area contributed by atoms with Gasteiger partial charge in [-0.25, -0.2) is 9.78 Å². The molecule has 2 saturated heterocycles. The van der Waals surface area contributed by atoms with Gasteiger partial charge in [0.05, 0.1) is 42.3 Å². The largest absolute Gasteiger partial charge is 0.469 e. The molecule has 13 heteroatoms. The monoisotopic (exact) mass is 873 g/mol. The standard InChI is InChI=1S/C51H68N8O5/c1-7-32-25-37(54-47(32)40-15-11-21-57(40)49(60)45(52)29(2)3)34-17-19-36-42-26-35-24-33(18-20-39(35)59(42)44(64-43(36)27-34)23-31-13-9-8-10-14-31)38-28-53-48(55-38)41-16-12-22-58(41)50(61)46(30(4)5)56-51(62)63-6/h17-20,24-31,40-41,44-46,49,54,60H,7-16,21-23,52H2,1-6H3,(H,53,55)(H,56,62). The minimum absolute atomic E-state index is 0.0899. The number of nitrogens with zero attached hydrogens (tertiary/aromatic N) is 4. The lowest BCUT2D eigenvalue weighted by Crippen LogP contribution is -2.51. The zero-order valence-electron chi connectivity index (χ0n) is 38.5. The Hall–Kier alpha value is -5.11. The van der Waals surface area contributed by atoms with Gasteiger partial charge in [-0.15, -0.1) is 0 Å². The topological polar surface area (TPSA) is 167 Å². The minimum atomic E-state index is -0.691. The number of hydrogen-bond acceptors (Lipinski definition) is 8. The first-order valence-corrected chi connectivity index (χ1v) is 24.0. The lowest BCUT2D eigenvalue weighted by molar-refractivity contribution is -0.135. The highest BCUT2D eigenvalue weighted by Crippen LogP contribution is 2.47. The van der Waals surface area contributed by atoms with Crippen molar-refractivity contribution >= 4 is 22.9 Å². The van der Waals surface area contributed by atoms with Gasteiger partial charge >= 0.3 is 6.09 Å². The number of aryl methyl sites for hydroxylation is 1. The Bertz CT molecular complexity index is 2460. The molecule has 2 aromatic carbocycles. The number of aromatic nitrogens is 4. The average Bonchev–Trinajstić information content (AvgIpc) is 4.16. The number of alkyl carbamates (subject to hydrolysis) is 1. The maximum Gasteiger partial charge on any atom is 0.407 e. The molecule has 3 fully saturated rings. The number of aliphatic hydroxyl groups is 1. The number of aromatic amines is 2. The summed E-state index contributed by atoms with van der Waals surface area (Å²) in [7, 11) is 1.31. The number of carbonyl (C=O) groups excluding carboxylic acids is 2. The fraction of sp³-hybridized carbons (Fsp3) is 0.549. The first kappa shape index (κ1) is 44.1. The molecule has 6 heterocycles. The number of carbonyl (C=O) groups is 2. The van der Waals surface area contributed by atoms with Crippen molar-refractivity contribution in [3.8, 4) is 39.5 Å². The molecule has 3 aromatic heterocycles. The molecule has 6 atom stereocenters. The number of nitrogens with one attached hydrogen (secondary N) is 3. The molecule has 3 aliphatic heterocycles. The smallest absolute Gasteiger partial charge is 0.407 e. The van der Waals surface area contributed by atoms with Gasteiger partial charge in [0, 0.05) is 59.0 Å². The molecule has 64 heavy (non-hydrogen) atoms. The maximum atomic E-state index is 13.8. The van der Waals surface area contributed by atoms with Crippen molar-refractivity contribution in [1.29, 1.82) is 0 Å². The zero-order valence-corrected chi connectivity index (χ0v) is 38.5. The molecule has 0 bridgehead atoms. The van der Waals surface area contributed by atoms with Gasteiger partial charge in [0.1, 0.15) is 23.8 Å². The number of nitrogens with two attached hydrogens (primary N) is 1. The molecular formula is C51H68N8O5. The van der Waals surface area contributed by atoms with E-state index in [4.69, 9.17) is 20.2 Å². The summed E-state index contributed by atoms with van der Waals surface area (Å²) in [5.74, 6) is 2.21. The average molecular weight is 873 g/mol. The molecule has 13 nitrogen and oxygen atoms in total. The molecule has 1 saturated carbocycles. The minimum Gasteiger partial charge on any atom is -0.469 e. The van der Waals surface area contributed by atoms with Gasteiger partial charge in [-0.2, -0.15) is 0 Å². The van der Waals surface area contributed by atoms with Crippen LogP contribution in [0.2, 0.25) is 0 Å². The maximum absolute atomic E-state index is 13.8. The van der Waals surface area contributed by atoms with Gasteiger partial charge in [-0.3, -0.25) is 9.69 Å². The molecule has 6 N–H and O–H groups in total. The molecule has 0 spiro atoms. The molecule has 4 aliphatic rings. The number of imidazole rings is 1. The van der Waals surface area contributed by atoms with E-state index >= 15 is 0 Å². The number of fused-ring (bicyclic) bond motifs is 5. The molecule has 5 aromatic rings. The number of rotatable bonds is 13. The third-order valence-electron chi connectivity index (χ3n) is 14.8. The highest BCUT2D eigenvalue weighted by atomic mass is 16.5. The summed E-state index contributed by atoms with van der Waals surface area (Å²) in [6.45, 7) is 11.6. The van der Waals surface area contributed by atoms with Crippen molar-refractivity contribution in [1.82, 2.24) is 34.6 Å². The van der Waals surface area contributed by atoms with Crippen LogP contribution in [-0.4, -0.2) is 84.9 Å². The van der Waals surface area contributed by atoms with Crippen molar-refractivity contribution in [2.45, 2.75) is 142 Å². The first-order valence-electron chi connectivity index (χ1n) is 24.0. The SMILES string of the molecule is CCc1cc(-c2ccc3c(c2)OC(CC2CCCCC2)n2c-3cc3cc(-c4cnc(C5CCCN5C(=O)C(NC(=O)OC)C(C)C)[nH]4)ccc32)[nH]c1C1CCCN1C(O)C(N)C(C)C. The van der Waals surface area contributed by atoms with Crippen LogP contribution in [0.3, 0.4) is 0 Å². The second-order valence-corrected chi connectivity index (χ2v) is 19.5. The van der Waals surface area contributed by atoms with Crippen LogP contribution in [0.5, 0.6) is 5.75 Å². The van der Waals surface area contributed by atoms with E-state index in [-0.39, 0.29) is 42.1 Å². The van der Waals surface area contributed by atoms with E-state index in [0.29, 0.717) is 12.5 Å². The van der Waals surface area contributed by atoms with Crippen LogP contribution in [-0.2, 0) is 16.0 Å². The molecular weight excluding hydrogens is 805 g/mol. The van der Waals surface area contributed by atoms with E-state index in [1.54, 1.807) is 0 Å². The summed E-state index contributed by atoms with van der Waals surface area (Å²) in [5.41, 5.74) is 16.4. The van der Waals surface area contributed by atoms with E-state index in [1.165, 1.54) is 50.5 Å². The van der Waals surface area contributed by atoms with Gasteiger partial charge in [0.25, 0.3) is 0 Å². The third kappa shape index (κ3) is 8.35. The highest BCUT2D eigenvalue weighted by Gasteiger charge is 2.39. The van der Waals surface area contributed by atoms with Crippen LogP contribution >= 0.6 is 0 Å². The molecule has 342 valence electrons. The van der Waals surface area contributed by atoms with E-state index < -0.39 is 18.4 Å². The fourth-order valence-corrected chi connectivity index (χ4v) is 11.1. The zero-order chi connectivity index (χ0) is 44.8. The normalized spacial score (nSPS) is 21.8. The van der Waals surface area contributed by atoms with Crippen LogP contribution in [0.25, 0.3) is 44.7 Å². The highest BCUT2D eigenvalue weighted by molar-refractivity contribution is 5.92. The third-order valence-corrected chi connectivity index (χ3v) is 14.8. The number of amides is 2. The Kier molecular flexibility index (Phi) is 12.7. The van der Waals surface area contributed by atoms with Crippen molar-refractivity contribution in [3.05, 3.63) is 71.8 Å². The summed E-state index contributed by atoms with van der Waals surface area (Å²) in [6, 6.07) is 16.7. The molecule has 6 unspecified atom stereocenters. The van der Waals surface area contributed by atoms with Crippen LogP contribution in [0, 0.1) is 17.8 Å². The van der Waals surface area contributed by atoms with E-state index in [1.807, 2.05) is 24.9 Å². The van der Waals surface area contributed by atoms with Crippen molar-refractivity contribution in [2.24, 2.45) is 23.5 Å². The molecule has 9 rings (SSSR count).